The molecule has 23 heavy (non-hydrogen) atoms. The van der Waals surface area contributed by atoms with Crippen LogP contribution in [0.15, 0.2) is 0 Å². The van der Waals surface area contributed by atoms with Gasteiger partial charge in [0.1, 0.15) is 0 Å². The minimum atomic E-state index is -0.311. The molecule has 0 rings (SSSR count). The zero-order valence-corrected chi connectivity index (χ0v) is 13.9. The fourth-order valence-corrected chi connectivity index (χ4v) is 1.87. The van der Waals surface area contributed by atoms with Crippen LogP contribution < -0.4 is 10.6 Å². The van der Waals surface area contributed by atoms with Crippen LogP contribution >= 0.6 is 0 Å². The second-order valence-corrected chi connectivity index (χ2v) is 5.18. The van der Waals surface area contributed by atoms with E-state index in [9.17, 15) is 14.4 Å². The number of esters is 1. The van der Waals surface area contributed by atoms with Crippen molar-refractivity contribution in [1.82, 2.24) is 10.6 Å². The molecule has 0 saturated heterocycles. The molecule has 0 unspecified atom stereocenters. The molecule has 0 spiro atoms. The summed E-state index contributed by atoms with van der Waals surface area (Å²) in [6.07, 6.45) is 4.73. The first-order chi connectivity index (χ1) is 11.1. The van der Waals surface area contributed by atoms with Gasteiger partial charge in [-0.1, -0.05) is 0 Å². The Hall–Kier alpha value is -2.10. The van der Waals surface area contributed by atoms with E-state index in [1.54, 1.807) is 0 Å². The van der Waals surface area contributed by atoms with Gasteiger partial charge in [0.15, 0.2) is 0 Å². The number of ether oxygens (including phenoxy) is 1. The van der Waals surface area contributed by atoms with E-state index in [2.05, 4.69) is 20.2 Å². The van der Waals surface area contributed by atoms with Crippen molar-refractivity contribution in [2.75, 3.05) is 26.7 Å². The highest BCUT2D eigenvalue weighted by atomic mass is 16.5. The number of methoxy groups -OCH3 is 1. The molecule has 7 nitrogen and oxygen atoms in total. The second-order valence-electron chi connectivity index (χ2n) is 5.18. The molecule has 0 aromatic carbocycles. The lowest BCUT2D eigenvalue weighted by Gasteiger charge is -2.06. The largest absolute Gasteiger partial charge is 0.469 e. The Labute approximate surface area is 138 Å². The van der Waals surface area contributed by atoms with Crippen LogP contribution in [0.5, 0.6) is 0 Å². The van der Waals surface area contributed by atoms with E-state index in [-0.39, 0.29) is 24.2 Å². The number of hydrogen-bond acceptors (Lipinski definition) is 4. The third-order valence-electron chi connectivity index (χ3n) is 3.18. The van der Waals surface area contributed by atoms with Crippen molar-refractivity contribution in [2.45, 2.75) is 51.4 Å². The molecule has 0 saturated carbocycles. The average Bonchev–Trinajstić information content (AvgIpc) is 2.54. The molecule has 2 amide bonds. The molecule has 0 aliphatic carbocycles. The van der Waals surface area contributed by atoms with E-state index in [1.807, 2.05) is 0 Å². The molecule has 0 heterocycles. The van der Waals surface area contributed by atoms with Crippen LogP contribution in [0.2, 0.25) is 0 Å². The number of nitrogens with zero attached hydrogens (tertiary/aromatic N) is 1. The van der Waals surface area contributed by atoms with Crippen LogP contribution in [-0.4, -0.2) is 44.5 Å². The molecule has 0 fully saturated rings. The van der Waals surface area contributed by atoms with Gasteiger partial charge in [0.2, 0.25) is 18.4 Å². The number of amides is 2. The summed E-state index contributed by atoms with van der Waals surface area (Å²) in [6, 6.07) is 0. The second kappa shape index (κ2) is 14.8. The number of rotatable bonds is 13. The van der Waals surface area contributed by atoms with Gasteiger partial charge in [0.25, 0.3) is 0 Å². The van der Waals surface area contributed by atoms with Crippen LogP contribution in [0.1, 0.15) is 51.4 Å². The molecule has 0 aliphatic rings. The van der Waals surface area contributed by atoms with E-state index < -0.39 is 0 Å². The van der Waals surface area contributed by atoms with Crippen LogP contribution in [0, 0.1) is 6.57 Å². The topological polar surface area (TPSA) is 88.9 Å². The van der Waals surface area contributed by atoms with Gasteiger partial charge in [0, 0.05) is 38.8 Å². The van der Waals surface area contributed by atoms with E-state index in [1.165, 1.54) is 7.11 Å². The number of unbranched alkanes of at least 4 members (excludes halogenated alkanes) is 2. The zero-order chi connectivity index (χ0) is 17.3. The van der Waals surface area contributed by atoms with Gasteiger partial charge in [-0.2, -0.15) is 0 Å². The standard InChI is InChI=1S/C16H27N3O4/c1-17-11-5-3-4-8-14(20)18-12-7-13-19-15(21)9-6-10-16(22)23-2/h3-13H2,2H3,(H,18,20)(H,19,21). The van der Waals surface area contributed by atoms with Crippen molar-refractivity contribution >= 4 is 17.8 Å². The van der Waals surface area contributed by atoms with Gasteiger partial charge in [0.05, 0.1) is 7.11 Å². The lowest BCUT2D eigenvalue weighted by molar-refractivity contribution is -0.140. The molecule has 0 aromatic rings. The molecular weight excluding hydrogens is 298 g/mol. The summed E-state index contributed by atoms with van der Waals surface area (Å²) in [6.45, 7) is 8.21. The highest BCUT2D eigenvalue weighted by molar-refractivity contribution is 5.77. The lowest BCUT2D eigenvalue weighted by atomic mass is 10.2. The number of nitrogens with one attached hydrogen (secondary N) is 2. The van der Waals surface area contributed by atoms with Crippen molar-refractivity contribution in [1.29, 1.82) is 0 Å². The van der Waals surface area contributed by atoms with Crippen molar-refractivity contribution < 1.29 is 19.1 Å². The summed E-state index contributed by atoms with van der Waals surface area (Å²) in [5, 5.41) is 5.55. The maximum Gasteiger partial charge on any atom is 0.305 e. The maximum absolute atomic E-state index is 11.5. The van der Waals surface area contributed by atoms with E-state index in [4.69, 9.17) is 6.57 Å². The molecule has 2 N–H and O–H groups in total. The Morgan fingerprint density at radius 2 is 1.48 bits per heavy atom. The fourth-order valence-electron chi connectivity index (χ4n) is 1.87. The van der Waals surface area contributed by atoms with Gasteiger partial charge in [-0.15, -0.1) is 0 Å². The summed E-state index contributed by atoms with van der Waals surface area (Å²) < 4.78 is 4.49. The van der Waals surface area contributed by atoms with Crippen molar-refractivity contribution in [3.8, 4) is 0 Å². The van der Waals surface area contributed by atoms with Gasteiger partial charge < -0.3 is 20.2 Å². The van der Waals surface area contributed by atoms with Crippen LogP contribution in [0.25, 0.3) is 4.85 Å². The fraction of sp³-hybridized carbons (Fsp3) is 0.750. The van der Waals surface area contributed by atoms with Crippen molar-refractivity contribution in [2.24, 2.45) is 0 Å². The first-order valence-corrected chi connectivity index (χ1v) is 8.03. The first-order valence-electron chi connectivity index (χ1n) is 8.03. The molecular formula is C16H27N3O4. The van der Waals surface area contributed by atoms with Gasteiger partial charge in [-0.3, -0.25) is 14.4 Å². The van der Waals surface area contributed by atoms with Crippen LogP contribution in [0.4, 0.5) is 0 Å². The predicted molar refractivity (Wildman–Crippen MR) is 86.4 cm³/mol. The Morgan fingerprint density at radius 3 is 2.04 bits per heavy atom. The first kappa shape index (κ1) is 20.9. The summed E-state index contributed by atoms with van der Waals surface area (Å²) in [7, 11) is 1.32. The van der Waals surface area contributed by atoms with Crippen LogP contribution in [0.3, 0.4) is 0 Å². The Bertz CT molecular complexity index is 405. The highest BCUT2D eigenvalue weighted by Crippen LogP contribution is 2.00. The summed E-state index contributed by atoms with van der Waals surface area (Å²) in [5.74, 6) is -0.396. The summed E-state index contributed by atoms with van der Waals surface area (Å²) >= 11 is 0. The summed E-state index contributed by atoms with van der Waals surface area (Å²) in [4.78, 5) is 37.1. The third kappa shape index (κ3) is 14.6. The molecule has 0 radical (unpaired) electrons. The van der Waals surface area contributed by atoms with E-state index in [0.29, 0.717) is 45.3 Å². The lowest BCUT2D eigenvalue weighted by Crippen LogP contribution is -2.29. The SMILES string of the molecule is [C-]#[N+]CCCCCC(=O)NCCCNC(=O)CCCC(=O)OC. The summed E-state index contributed by atoms with van der Waals surface area (Å²) in [5.41, 5.74) is 0. The molecule has 0 aliphatic heterocycles. The quantitative estimate of drug-likeness (QED) is 0.305. The predicted octanol–water partition coefficient (Wildman–Crippen LogP) is 1.43. The third-order valence-corrected chi connectivity index (χ3v) is 3.18. The average molecular weight is 325 g/mol. The number of carbonyl (C=O) groups is 3. The Morgan fingerprint density at radius 1 is 0.870 bits per heavy atom. The molecule has 0 atom stereocenters. The molecule has 7 heteroatoms. The zero-order valence-electron chi connectivity index (χ0n) is 13.9. The molecule has 0 bridgehead atoms. The van der Waals surface area contributed by atoms with Crippen LogP contribution in [-0.2, 0) is 19.1 Å². The Balaban J connectivity index is 3.40. The normalized spacial score (nSPS) is 9.74. The minimum Gasteiger partial charge on any atom is -0.469 e. The van der Waals surface area contributed by atoms with Crippen molar-refractivity contribution in [3.63, 3.8) is 0 Å². The van der Waals surface area contributed by atoms with E-state index >= 15 is 0 Å². The van der Waals surface area contributed by atoms with E-state index in [0.717, 1.165) is 19.3 Å². The van der Waals surface area contributed by atoms with Crippen molar-refractivity contribution in [3.05, 3.63) is 11.4 Å². The minimum absolute atomic E-state index is 0.0113. The molecule has 0 aromatic heterocycles. The van der Waals surface area contributed by atoms with Gasteiger partial charge in [-0.05, 0) is 25.7 Å². The monoisotopic (exact) mass is 325 g/mol. The number of carbonyl (C=O) groups excluding carboxylic acids is 3. The van der Waals surface area contributed by atoms with Gasteiger partial charge in [-0.25, -0.2) is 6.57 Å². The highest BCUT2D eigenvalue weighted by Gasteiger charge is 2.05. The smallest absolute Gasteiger partial charge is 0.305 e. The Kier molecular flexibility index (Phi) is 13.5. The van der Waals surface area contributed by atoms with Gasteiger partial charge >= 0.3 is 5.97 Å². The molecule has 130 valence electrons. The maximum atomic E-state index is 11.5. The number of hydrogen-bond donors (Lipinski definition) is 2.